The number of fused-ring (bicyclic) bond motifs is 1. The number of carbonyl (C=O) groups is 2. The number of amides is 1. The van der Waals surface area contributed by atoms with Crippen LogP contribution in [0, 0.1) is 0 Å². The minimum absolute atomic E-state index is 0.0192. The van der Waals surface area contributed by atoms with E-state index in [0.29, 0.717) is 13.1 Å². The highest BCUT2D eigenvalue weighted by atomic mass is 16.4. The topological polar surface area (TPSA) is 86.9 Å². The smallest absolute Gasteiger partial charge is 0.320 e. The van der Waals surface area contributed by atoms with Crippen LogP contribution in [0.4, 0.5) is 5.69 Å². The predicted octanol–water partition coefficient (Wildman–Crippen LogP) is 1.68. The maximum absolute atomic E-state index is 12.2. The van der Waals surface area contributed by atoms with E-state index in [1.165, 1.54) is 16.5 Å². The van der Waals surface area contributed by atoms with Crippen molar-refractivity contribution < 1.29 is 14.7 Å². The number of nitrogens with zero attached hydrogens (tertiary/aromatic N) is 2. The van der Waals surface area contributed by atoms with E-state index in [0.717, 1.165) is 13.1 Å². The Morgan fingerprint density at radius 2 is 1.72 bits per heavy atom. The minimum Gasteiger partial charge on any atom is -0.480 e. The molecule has 6 heteroatoms. The average molecular weight is 341 g/mol. The first-order valence-corrected chi connectivity index (χ1v) is 8.55. The van der Waals surface area contributed by atoms with Crippen molar-refractivity contribution in [3.63, 3.8) is 0 Å². The van der Waals surface area contributed by atoms with Crippen LogP contribution in [0.1, 0.15) is 12.8 Å². The number of piperazine rings is 1. The SMILES string of the molecule is N[C@@H](CCC(=O)N1CCN(c2cccc3ccccc23)CC1)C(=O)O. The van der Waals surface area contributed by atoms with Crippen molar-refractivity contribution in [1.82, 2.24) is 4.90 Å². The molecule has 132 valence electrons. The molecule has 2 aromatic carbocycles. The summed E-state index contributed by atoms with van der Waals surface area (Å²) in [5.41, 5.74) is 6.66. The van der Waals surface area contributed by atoms with Crippen LogP contribution in [-0.2, 0) is 9.59 Å². The third-order valence-corrected chi connectivity index (χ3v) is 4.73. The molecule has 1 saturated heterocycles. The summed E-state index contributed by atoms with van der Waals surface area (Å²) >= 11 is 0. The van der Waals surface area contributed by atoms with Crippen LogP contribution in [-0.4, -0.2) is 54.1 Å². The van der Waals surface area contributed by atoms with Crippen LogP contribution in [0.15, 0.2) is 42.5 Å². The molecule has 25 heavy (non-hydrogen) atoms. The normalized spacial score (nSPS) is 16.0. The summed E-state index contributed by atoms with van der Waals surface area (Å²) in [6.45, 7) is 2.82. The molecule has 6 nitrogen and oxygen atoms in total. The number of carboxylic acids is 1. The van der Waals surface area contributed by atoms with Crippen LogP contribution >= 0.6 is 0 Å². The molecule has 3 rings (SSSR count). The lowest BCUT2D eigenvalue weighted by Gasteiger charge is -2.36. The number of aliphatic carboxylic acids is 1. The van der Waals surface area contributed by atoms with Crippen LogP contribution < -0.4 is 10.6 Å². The van der Waals surface area contributed by atoms with Gasteiger partial charge in [0, 0.05) is 43.7 Å². The zero-order valence-electron chi connectivity index (χ0n) is 14.1. The molecule has 1 aliphatic rings. The van der Waals surface area contributed by atoms with E-state index in [4.69, 9.17) is 10.8 Å². The van der Waals surface area contributed by atoms with E-state index >= 15 is 0 Å². The van der Waals surface area contributed by atoms with Crippen molar-refractivity contribution in [2.45, 2.75) is 18.9 Å². The van der Waals surface area contributed by atoms with Gasteiger partial charge in [-0.05, 0) is 17.9 Å². The highest BCUT2D eigenvalue weighted by Gasteiger charge is 2.23. The fourth-order valence-corrected chi connectivity index (χ4v) is 3.24. The minimum atomic E-state index is -1.06. The van der Waals surface area contributed by atoms with Gasteiger partial charge in [0.25, 0.3) is 0 Å². The van der Waals surface area contributed by atoms with Crippen LogP contribution in [0.5, 0.6) is 0 Å². The largest absolute Gasteiger partial charge is 0.480 e. The maximum atomic E-state index is 12.2. The molecule has 1 heterocycles. The van der Waals surface area contributed by atoms with Crippen molar-refractivity contribution >= 4 is 28.3 Å². The molecule has 0 aromatic heterocycles. The van der Waals surface area contributed by atoms with Gasteiger partial charge in [-0.25, -0.2) is 0 Å². The molecule has 0 aliphatic carbocycles. The Balaban J connectivity index is 1.60. The van der Waals surface area contributed by atoms with Gasteiger partial charge in [-0.2, -0.15) is 0 Å². The number of anilines is 1. The Bertz CT molecular complexity index is 764. The average Bonchev–Trinajstić information content (AvgIpc) is 2.65. The van der Waals surface area contributed by atoms with Gasteiger partial charge >= 0.3 is 5.97 Å². The summed E-state index contributed by atoms with van der Waals surface area (Å²) < 4.78 is 0. The standard InChI is InChI=1S/C19H23N3O3/c20-16(19(24)25)8-9-18(23)22-12-10-21(11-13-22)17-7-3-5-14-4-1-2-6-15(14)17/h1-7,16H,8-13,20H2,(H,24,25)/t16-/m0/s1. The fraction of sp³-hybridized carbons (Fsp3) is 0.368. The first kappa shape index (κ1) is 17.2. The number of hydrogen-bond donors (Lipinski definition) is 2. The van der Waals surface area contributed by atoms with Crippen molar-refractivity contribution in [3.05, 3.63) is 42.5 Å². The van der Waals surface area contributed by atoms with Gasteiger partial charge in [0.05, 0.1) is 0 Å². The third kappa shape index (κ3) is 3.91. The number of carboxylic acid groups (broad SMARTS) is 1. The molecule has 3 N–H and O–H groups in total. The summed E-state index contributed by atoms with van der Waals surface area (Å²) in [4.78, 5) is 27.1. The monoisotopic (exact) mass is 341 g/mol. The quantitative estimate of drug-likeness (QED) is 0.864. The van der Waals surface area contributed by atoms with Gasteiger partial charge in [-0.1, -0.05) is 36.4 Å². The Morgan fingerprint density at radius 1 is 1.04 bits per heavy atom. The van der Waals surface area contributed by atoms with Crippen molar-refractivity contribution in [2.24, 2.45) is 5.73 Å². The van der Waals surface area contributed by atoms with Gasteiger partial charge in [0.2, 0.25) is 5.91 Å². The van der Waals surface area contributed by atoms with E-state index in [9.17, 15) is 9.59 Å². The van der Waals surface area contributed by atoms with E-state index in [2.05, 4.69) is 35.2 Å². The molecule has 0 spiro atoms. The van der Waals surface area contributed by atoms with Gasteiger partial charge in [0.1, 0.15) is 6.04 Å². The molecule has 1 atom stereocenters. The van der Waals surface area contributed by atoms with Gasteiger partial charge in [-0.15, -0.1) is 0 Å². The zero-order chi connectivity index (χ0) is 17.8. The van der Waals surface area contributed by atoms with E-state index < -0.39 is 12.0 Å². The molecule has 0 unspecified atom stereocenters. The summed E-state index contributed by atoms with van der Waals surface area (Å²) in [7, 11) is 0. The summed E-state index contributed by atoms with van der Waals surface area (Å²) in [5, 5.41) is 11.2. The van der Waals surface area contributed by atoms with Crippen LogP contribution in [0.25, 0.3) is 10.8 Å². The number of hydrogen-bond acceptors (Lipinski definition) is 4. The second-order valence-electron chi connectivity index (χ2n) is 6.35. The molecule has 1 aliphatic heterocycles. The van der Waals surface area contributed by atoms with Crippen LogP contribution in [0.2, 0.25) is 0 Å². The molecular weight excluding hydrogens is 318 g/mol. The molecule has 1 amide bonds. The zero-order valence-corrected chi connectivity index (χ0v) is 14.1. The molecular formula is C19H23N3O3. The Kier molecular flexibility index (Phi) is 5.19. The summed E-state index contributed by atoms with van der Waals surface area (Å²) in [6, 6.07) is 13.6. The van der Waals surface area contributed by atoms with Gasteiger partial charge in [-0.3, -0.25) is 9.59 Å². The summed E-state index contributed by atoms with van der Waals surface area (Å²) in [5.74, 6) is -1.08. The first-order chi connectivity index (χ1) is 12.1. The number of benzene rings is 2. The second kappa shape index (κ2) is 7.53. The number of rotatable bonds is 5. The van der Waals surface area contributed by atoms with Crippen LogP contribution in [0.3, 0.4) is 0 Å². The molecule has 0 bridgehead atoms. The molecule has 0 saturated carbocycles. The van der Waals surface area contributed by atoms with E-state index in [1.54, 1.807) is 4.90 Å². The predicted molar refractivity (Wildman–Crippen MR) is 97.6 cm³/mol. The second-order valence-corrected chi connectivity index (χ2v) is 6.35. The highest BCUT2D eigenvalue weighted by Crippen LogP contribution is 2.27. The number of nitrogens with two attached hydrogens (primary N) is 1. The first-order valence-electron chi connectivity index (χ1n) is 8.55. The lowest BCUT2D eigenvalue weighted by atomic mass is 10.1. The Morgan fingerprint density at radius 3 is 2.44 bits per heavy atom. The molecule has 2 aromatic rings. The van der Waals surface area contributed by atoms with E-state index in [-0.39, 0.29) is 18.7 Å². The van der Waals surface area contributed by atoms with Gasteiger partial charge < -0.3 is 20.6 Å². The van der Waals surface area contributed by atoms with E-state index in [1.807, 2.05) is 12.1 Å². The lowest BCUT2D eigenvalue weighted by Crippen LogP contribution is -2.49. The maximum Gasteiger partial charge on any atom is 0.320 e. The summed E-state index contributed by atoms with van der Waals surface area (Å²) in [6.07, 6.45) is 0.361. The van der Waals surface area contributed by atoms with Crippen molar-refractivity contribution in [3.8, 4) is 0 Å². The highest BCUT2D eigenvalue weighted by molar-refractivity contribution is 5.94. The lowest BCUT2D eigenvalue weighted by molar-refractivity contribution is -0.139. The van der Waals surface area contributed by atoms with Crippen molar-refractivity contribution in [1.29, 1.82) is 0 Å². The van der Waals surface area contributed by atoms with Gasteiger partial charge in [0.15, 0.2) is 0 Å². The molecule has 0 radical (unpaired) electrons. The third-order valence-electron chi connectivity index (χ3n) is 4.73. The van der Waals surface area contributed by atoms with Crippen molar-refractivity contribution in [2.75, 3.05) is 31.1 Å². The Labute approximate surface area is 146 Å². The number of carbonyl (C=O) groups excluding carboxylic acids is 1. The fourth-order valence-electron chi connectivity index (χ4n) is 3.24. The molecule has 1 fully saturated rings. The Hall–Kier alpha value is -2.60.